The summed E-state index contributed by atoms with van der Waals surface area (Å²) in [7, 11) is -11.1. The molecule has 4 N–H and O–H groups in total. The van der Waals surface area contributed by atoms with Crippen molar-refractivity contribution in [3.63, 3.8) is 0 Å². The highest BCUT2D eigenvalue weighted by Gasteiger charge is 2.53. The molecule has 0 spiro atoms. The molecule has 1 unspecified atom stereocenters. The topological polar surface area (TPSA) is 177 Å². The molecular formula is C10H11F5N2O10P2. The van der Waals surface area contributed by atoms with Crippen LogP contribution in [0.3, 0.4) is 0 Å². The van der Waals surface area contributed by atoms with Crippen molar-refractivity contribution < 1.29 is 59.3 Å². The molecule has 1 aliphatic heterocycles. The lowest BCUT2D eigenvalue weighted by atomic mass is 10.2. The monoisotopic (exact) mass is 476 g/mol. The molecule has 2 heterocycles. The van der Waals surface area contributed by atoms with E-state index in [1.807, 2.05) is 0 Å². The largest absolute Gasteiger partial charge is 0.481 e. The zero-order valence-electron chi connectivity index (χ0n) is 13.6. The van der Waals surface area contributed by atoms with Crippen LogP contribution in [0.2, 0.25) is 0 Å². The number of phosphoric acid groups is 2. The number of nitrogens with one attached hydrogen (secondary N) is 1. The molecule has 2 rings (SSSR count). The average Bonchev–Trinajstić information content (AvgIpc) is 2.77. The summed E-state index contributed by atoms with van der Waals surface area (Å²) >= 11 is 0. The second-order valence-electron chi connectivity index (χ2n) is 5.58. The highest BCUT2D eigenvalue weighted by molar-refractivity contribution is 7.60. The fourth-order valence-corrected chi connectivity index (χ4v) is 3.83. The third-order valence-corrected chi connectivity index (χ3v) is 5.56. The number of rotatable bonds is 6. The van der Waals surface area contributed by atoms with Crippen LogP contribution in [0.4, 0.5) is 22.0 Å². The molecule has 4 atom stereocenters. The predicted molar refractivity (Wildman–Crippen MR) is 78.7 cm³/mol. The van der Waals surface area contributed by atoms with Gasteiger partial charge in [0.2, 0.25) is 0 Å². The van der Waals surface area contributed by atoms with Crippen molar-refractivity contribution in [1.29, 1.82) is 0 Å². The molecule has 0 bridgehead atoms. The Bertz CT molecular complexity index is 988. The molecule has 166 valence electrons. The summed E-state index contributed by atoms with van der Waals surface area (Å²) in [5.74, 6) is -3.62. The summed E-state index contributed by atoms with van der Waals surface area (Å²) in [5, 5.41) is 0. The average molecular weight is 476 g/mol. The van der Waals surface area contributed by atoms with E-state index in [2.05, 4.69) is 13.6 Å². The third kappa shape index (κ3) is 5.79. The van der Waals surface area contributed by atoms with E-state index in [1.165, 1.54) is 4.98 Å². The Morgan fingerprint density at radius 3 is 2.41 bits per heavy atom. The van der Waals surface area contributed by atoms with Gasteiger partial charge >= 0.3 is 27.5 Å². The Kier molecular flexibility index (Phi) is 6.30. The first-order valence-corrected chi connectivity index (χ1v) is 10.1. The number of aromatic nitrogens is 2. The van der Waals surface area contributed by atoms with E-state index >= 15 is 0 Å². The number of nitrogens with zero attached hydrogens (tertiary/aromatic N) is 1. The van der Waals surface area contributed by atoms with Crippen molar-refractivity contribution in [1.82, 2.24) is 9.55 Å². The van der Waals surface area contributed by atoms with Gasteiger partial charge in [-0.25, -0.2) is 22.7 Å². The van der Waals surface area contributed by atoms with Gasteiger partial charge in [-0.2, -0.15) is 17.5 Å². The number of aromatic amines is 1. The molecule has 1 saturated heterocycles. The predicted octanol–water partition coefficient (Wildman–Crippen LogP) is 0.704. The van der Waals surface area contributed by atoms with Gasteiger partial charge in [-0.3, -0.25) is 18.9 Å². The second kappa shape index (κ2) is 7.67. The zero-order chi connectivity index (χ0) is 22.4. The van der Waals surface area contributed by atoms with Crippen molar-refractivity contribution in [3.05, 3.63) is 32.6 Å². The van der Waals surface area contributed by atoms with Gasteiger partial charge in [0.1, 0.15) is 18.4 Å². The molecular weight excluding hydrogens is 465 g/mol. The number of halogens is 5. The van der Waals surface area contributed by atoms with Crippen molar-refractivity contribution in [2.45, 2.75) is 30.9 Å². The lowest BCUT2D eigenvalue weighted by Gasteiger charge is -2.23. The van der Waals surface area contributed by atoms with Gasteiger partial charge in [0.25, 0.3) is 11.4 Å². The van der Waals surface area contributed by atoms with E-state index in [0.717, 1.165) is 0 Å². The second-order valence-corrected chi connectivity index (χ2v) is 8.41. The van der Waals surface area contributed by atoms with E-state index in [9.17, 15) is 40.7 Å². The maximum Gasteiger partial charge on any atom is 0.481 e. The summed E-state index contributed by atoms with van der Waals surface area (Å²) in [4.78, 5) is 50.1. The minimum absolute atomic E-state index is 0.0288. The molecule has 1 aliphatic rings. The smallest absolute Gasteiger partial charge is 0.317 e. The van der Waals surface area contributed by atoms with Gasteiger partial charge in [-0.05, 0) is 0 Å². The standard InChI is InChI=1S/C10H11F5N2O10P2/c11-5-1-6(17-2-4(10(13,14)15)7(18)16-8(17)19)26-9(5,12)3-25-29(23,24)27-28(20,21)22/h2,5-6H,1,3H2,(H,23,24)(H,16,18,19)(H2,20,21,22)/t5-,6+,9+/m0/s1. The van der Waals surface area contributed by atoms with E-state index in [-0.39, 0.29) is 10.8 Å². The molecule has 12 nitrogen and oxygen atoms in total. The number of alkyl halides is 5. The first-order valence-electron chi connectivity index (χ1n) is 7.11. The van der Waals surface area contributed by atoms with Crippen LogP contribution in [0.25, 0.3) is 0 Å². The maximum absolute atomic E-state index is 14.5. The van der Waals surface area contributed by atoms with Gasteiger partial charge in [0.15, 0.2) is 6.17 Å². The highest BCUT2D eigenvalue weighted by Crippen LogP contribution is 2.58. The summed E-state index contributed by atoms with van der Waals surface area (Å²) in [5.41, 5.74) is -5.17. The van der Waals surface area contributed by atoms with Crippen LogP contribution in [0, 0.1) is 0 Å². The Morgan fingerprint density at radius 2 is 1.90 bits per heavy atom. The first-order chi connectivity index (χ1) is 12.9. The fourth-order valence-electron chi connectivity index (χ4n) is 2.22. The van der Waals surface area contributed by atoms with Gasteiger partial charge in [0, 0.05) is 12.6 Å². The minimum atomic E-state index is -5.59. The normalized spacial score (nSPS) is 27.7. The molecule has 1 aromatic heterocycles. The highest BCUT2D eigenvalue weighted by atomic mass is 31.3. The van der Waals surface area contributed by atoms with Crippen molar-refractivity contribution in [2.75, 3.05) is 6.61 Å². The van der Waals surface area contributed by atoms with Crippen molar-refractivity contribution in [2.24, 2.45) is 0 Å². The maximum atomic E-state index is 14.5. The molecule has 19 heteroatoms. The van der Waals surface area contributed by atoms with Gasteiger partial charge in [-0.15, -0.1) is 0 Å². The van der Waals surface area contributed by atoms with Crippen LogP contribution in [0.15, 0.2) is 15.8 Å². The summed E-state index contributed by atoms with van der Waals surface area (Å²) in [6.45, 7) is -1.79. The van der Waals surface area contributed by atoms with Crippen LogP contribution < -0.4 is 11.2 Å². The molecule has 29 heavy (non-hydrogen) atoms. The Balaban J connectivity index is 2.25. The molecule has 0 saturated carbocycles. The van der Waals surface area contributed by atoms with E-state index in [0.29, 0.717) is 0 Å². The summed E-state index contributed by atoms with van der Waals surface area (Å²) in [6.07, 6.45) is -11.1. The zero-order valence-corrected chi connectivity index (χ0v) is 15.4. The molecule has 0 aliphatic carbocycles. The van der Waals surface area contributed by atoms with Crippen LogP contribution in [0.1, 0.15) is 18.2 Å². The fraction of sp³-hybridized carbons (Fsp3) is 0.600. The van der Waals surface area contributed by atoms with E-state index in [4.69, 9.17) is 14.7 Å². The quantitative estimate of drug-likeness (QED) is 0.338. The SMILES string of the molecule is O=c1[nH]c(=O)n([C@H]2C[C@H](F)[C@@](F)(COP(=O)(O)OP(=O)(O)O)O2)cc1C(F)(F)F. The van der Waals surface area contributed by atoms with Gasteiger partial charge in [-0.1, -0.05) is 0 Å². The summed E-state index contributed by atoms with van der Waals surface area (Å²) < 4.78 is 100. The molecule has 1 fully saturated rings. The number of H-pyrrole nitrogens is 1. The van der Waals surface area contributed by atoms with Crippen LogP contribution in [-0.2, 0) is 28.9 Å². The molecule has 0 radical (unpaired) electrons. The third-order valence-electron chi connectivity index (χ3n) is 3.43. The van der Waals surface area contributed by atoms with Crippen LogP contribution in [0.5, 0.6) is 0 Å². The van der Waals surface area contributed by atoms with Gasteiger partial charge < -0.3 is 19.4 Å². The number of ether oxygens (including phenoxy) is 1. The number of phosphoric ester groups is 1. The molecule has 1 aromatic rings. The molecule has 0 amide bonds. The first kappa shape index (κ1) is 23.8. The van der Waals surface area contributed by atoms with Crippen molar-refractivity contribution in [3.8, 4) is 0 Å². The molecule has 0 aromatic carbocycles. The lowest BCUT2D eigenvalue weighted by Crippen LogP contribution is -2.38. The van der Waals surface area contributed by atoms with Crippen LogP contribution in [-0.4, -0.2) is 42.9 Å². The van der Waals surface area contributed by atoms with Gasteiger partial charge in [0.05, 0.1) is 0 Å². The lowest BCUT2D eigenvalue weighted by molar-refractivity contribution is -0.194. The Labute approximate surface area is 155 Å². The number of hydrogen-bond donors (Lipinski definition) is 4. The van der Waals surface area contributed by atoms with Crippen molar-refractivity contribution >= 4 is 15.6 Å². The Hall–Kier alpha value is -1.45. The number of hydrogen-bond acceptors (Lipinski definition) is 7. The van der Waals surface area contributed by atoms with Crippen LogP contribution >= 0.6 is 15.6 Å². The van der Waals surface area contributed by atoms with E-state index in [1.54, 1.807) is 0 Å². The van der Waals surface area contributed by atoms with E-state index < -0.39 is 69.9 Å². The summed E-state index contributed by atoms with van der Waals surface area (Å²) in [6, 6.07) is 0. The Morgan fingerprint density at radius 1 is 1.31 bits per heavy atom. The minimum Gasteiger partial charge on any atom is -0.317 e.